The Labute approximate surface area is 197 Å². The van der Waals surface area contributed by atoms with Crippen molar-refractivity contribution in [3.63, 3.8) is 0 Å². The number of esters is 1. The Bertz CT molecular complexity index is 1000. The third-order valence-corrected chi connectivity index (χ3v) is 6.21. The largest absolute Gasteiger partial charge is 0.456 e. The fraction of sp³-hybridized carbons (Fsp3) is 0.360. The summed E-state index contributed by atoms with van der Waals surface area (Å²) in [4.78, 5) is 50.1. The van der Waals surface area contributed by atoms with Crippen molar-refractivity contribution < 1.29 is 23.9 Å². The summed E-state index contributed by atoms with van der Waals surface area (Å²) < 4.78 is 5.00. The van der Waals surface area contributed by atoms with Gasteiger partial charge < -0.3 is 15.4 Å². The molecule has 0 saturated heterocycles. The molecule has 2 aromatic rings. The molecule has 2 N–H and O–H groups in total. The molecular formula is C25H28N2O5S. The number of benzene rings is 2. The highest BCUT2D eigenvalue weighted by atomic mass is 32.2. The molecule has 0 unspecified atom stereocenters. The maximum Gasteiger partial charge on any atom is 0.306 e. The number of thioether (sulfide) groups is 1. The van der Waals surface area contributed by atoms with E-state index in [9.17, 15) is 19.2 Å². The molecule has 0 bridgehead atoms. The molecule has 3 rings (SSSR count). The molecule has 0 radical (unpaired) electrons. The van der Waals surface area contributed by atoms with Gasteiger partial charge in [0, 0.05) is 22.9 Å². The van der Waals surface area contributed by atoms with Crippen LogP contribution in [0.25, 0.3) is 0 Å². The zero-order valence-electron chi connectivity index (χ0n) is 18.6. The zero-order chi connectivity index (χ0) is 23.6. The van der Waals surface area contributed by atoms with Gasteiger partial charge in [0.1, 0.15) is 0 Å². The van der Waals surface area contributed by atoms with E-state index in [1.165, 1.54) is 0 Å². The minimum atomic E-state index is -0.633. The van der Waals surface area contributed by atoms with Crippen molar-refractivity contribution in [1.82, 2.24) is 5.32 Å². The Morgan fingerprint density at radius 1 is 0.970 bits per heavy atom. The average molecular weight is 469 g/mol. The minimum absolute atomic E-state index is 0.00321. The average Bonchev–Trinajstić information content (AvgIpc) is 3.34. The van der Waals surface area contributed by atoms with Crippen LogP contribution in [-0.2, 0) is 14.3 Å². The number of amides is 2. The third kappa shape index (κ3) is 7.46. The van der Waals surface area contributed by atoms with E-state index in [0.717, 1.165) is 30.6 Å². The lowest BCUT2D eigenvalue weighted by Gasteiger charge is -2.15. The number of carbonyl (C=O) groups is 4. The van der Waals surface area contributed by atoms with Gasteiger partial charge in [0.05, 0.1) is 17.7 Å². The summed E-state index contributed by atoms with van der Waals surface area (Å²) in [6.07, 6.45) is 5.96. The van der Waals surface area contributed by atoms with Gasteiger partial charge in [-0.25, -0.2) is 0 Å². The molecule has 1 aliphatic rings. The quantitative estimate of drug-likeness (QED) is 0.307. The van der Waals surface area contributed by atoms with Gasteiger partial charge >= 0.3 is 5.97 Å². The smallest absolute Gasteiger partial charge is 0.306 e. The van der Waals surface area contributed by atoms with Crippen LogP contribution in [0.1, 0.15) is 59.2 Å². The molecule has 1 fully saturated rings. The van der Waals surface area contributed by atoms with Crippen LogP contribution in [0.5, 0.6) is 0 Å². The van der Waals surface area contributed by atoms with Crippen LogP contribution in [-0.4, -0.2) is 42.5 Å². The molecule has 1 saturated carbocycles. The van der Waals surface area contributed by atoms with Crippen LogP contribution in [0, 0.1) is 0 Å². The van der Waals surface area contributed by atoms with Crippen molar-refractivity contribution in [2.75, 3.05) is 18.2 Å². The maximum atomic E-state index is 12.6. The molecular weight excluding hydrogens is 440 g/mol. The lowest BCUT2D eigenvalue weighted by Crippen LogP contribution is -2.33. The Hall–Kier alpha value is -3.13. The van der Waals surface area contributed by atoms with Crippen LogP contribution < -0.4 is 10.6 Å². The highest BCUT2D eigenvalue weighted by Crippen LogP contribution is 2.20. The molecule has 2 amide bonds. The van der Waals surface area contributed by atoms with E-state index in [1.54, 1.807) is 48.2 Å². The number of anilines is 1. The van der Waals surface area contributed by atoms with Crippen molar-refractivity contribution in [1.29, 1.82) is 0 Å². The Balaban J connectivity index is 1.44. The van der Waals surface area contributed by atoms with Crippen LogP contribution >= 0.6 is 11.8 Å². The number of rotatable bonds is 10. The molecule has 0 heterocycles. The van der Waals surface area contributed by atoms with Gasteiger partial charge in [-0.3, -0.25) is 19.2 Å². The number of para-hydroxylation sites is 1. The second kappa shape index (κ2) is 12.2. The number of hydrogen-bond acceptors (Lipinski definition) is 6. The Morgan fingerprint density at radius 3 is 2.36 bits per heavy atom. The first kappa shape index (κ1) is 24.5. The van der Waals surface area contributed by atoms with E-state index in [-0.39, 0.29) is 30.6 Å². The van der Waals surface area contributed by atoms with E-state index in [2.05, 4.69) is 10.6 Å². The molecule has 33 heavy (non-hydrogen) atoms. The van der Waals surface area contributed by atoms with Crippen molar-refractivity contribution in [3.8, 4) is 0 Å². The summed E-state index contributed by atoms with van der Waals surface area (Å²) in [5.74, 6) is -1.58. The summed E-state index contributed by atoms with van der Waals surface area (Å²) in [7, 11) is 0. The van der Waals surface area contributed by atoms with E-state index < -0.39 is 18.5 Å². The lowest BCUT2D eigenvalue weighted by molar-refractivity contribution is -0.147. The first-order valence-electron chi connectivity index (χ1n) is 11.0. The normalized spacial score (nSPS) is 13.4. The molecule has 0 aromatic heterocycles. The van der Waals surface area contributed by atoms with E-state index >= 15 is 0 Å². The van der Waals surface area contributed by atoms with Crippen LogP contribution in [0.2, 0.25) is 0 Å². The Kier molecular flexibility index (Phi) is 9.06. The van der Waals surface area contributed by atoms with Crippen LogP contribution in [0.3, 0.4) is 0 Å². The fourth-order valence-corrected chi connectivity index (χ4v) is 4.07. The molecule has 0 aliphatic heterocycles. The first-order valence-corrected chi connectivity index (χ1v) is 12.2. The molecule has 2 aromatic carbocycles. The van der Waals surface area contributed by atoms with Crippen LogP contribution in [0.15, 0.2) is 53.4 Å². The van der Waals surface area contributed by atoms with E-state index in [1.807, 2.05) is 18.4 Å². The van der Waals surface area contributed by atoms with Gasteiger partial charge in [-0.15, -0.1) is 11.8 Å². The second-order valence-corrected chi connectivity index (χ2v) is 8.74. The molecule has 7 nitrogen and oxygen atoms in total. The number of Topliss-reactive ketones (excluding diaryl/α,β-unsaturated/α-hetero) is 1. The minimum Gasteiger partial charge on any atom is -0.456 e. The molecule has 1 aliphatic carbocycles. The maximum absolute atomic E-state index is 12.6. The third-order valence-electron chi connectivity index (χ3n) is 5.47. The van der Waals surface area contributed by atoms with Crippen molar-refractivity contribution >= 4 is 41.0 Å². The van der Waals surface area contributed by atoms with Gasteiger partial charge in [-0.2, -0.15) is 0 Å². The number of nitrogens with one attached hydrogen (secondary N) is 2. The van der Waals surface area contributed by atoms with Gasteiger partial charge in [0.2, 0.25) is 0 Å². The molecule has 0 spiro atoms. The van der Waals surface area contributed by atoms with Crippen molar-refractivity contribution in [2.45, 2.75) is 49.5 Å². The highest BCUT2D eigenvalue weighted by Gasteiger charge is 2.20. The number of ether oxygens (including phenoxy) is 1. The second-order valence-electron chi connectivity index (χ2n) is 7.86. The number of ketones is 1. The summed E-state index contributed by atoms with van der Waals surface area (Å²) >= 11 is 1.58. The van der Waals surface area contributed by atoms with E-state index in [4.69, 9.17) is 4.74 Å². The number of carbonyl (C=O) groups excluding carboxylic acids is 4. The summed E-state index contributed by atoms with van der Waals surface area (Å²) in [6.45, 7) is -0.492. The van der Waals surface area contributed by atoms with Crippen LogP contribution in [0.4, 0.5) is 5.69 Å². The summed E-state index contributed by atoms with van der Waals surface area (Å²) in [5.41, 5.74) is 1.26. The van der Waals surface area contributed by atoms with Gasteiger partial charge in [0.15, 0.2) is 12.4 Å². The highest BCUT2D eigenvalue weighted by molar-refractivity contribution is 7.98. The monoisotopic (exact) mass is 468 g/mol. The first-order chi connectivity index (χ1) is 16.0. The van der Waals surface area contributed by atoms with Crippen molar-refractivity contribution in [2.24, 2.45) is 0 Å². The lowest BCUT2D eigenvalue weighted by atomic mass is 10.1. The Morgan fingerprint density at radius 2 is 1.67 bits per heavy atom. The number of hydrogen-bond donors (Lipinski definition) is 2. The van der Waals surface area contributed by atoms with Gasteiger partial charge in [-0.1, -0.05) is 37.1 Å². The van der Waals surface area contributed by atoms with E-state index in [0.29, 0.717) is 16.8 Å². The summed E-state index contributed by atoms with van der Waals surface area (Å²) in [6, 6.07) is 14.0. The molecule has 0 atom stereocenters. The van der Waals surface area contributed by atoms with Gasteiger partial charge in [-0.05, 0) is 43.4 Å². The molecule has 8 heteroatoms. The fourth-order valence-electron chi connectivity index (χ4n) is 3.66. The van der Waals surface area contributed by atoms with Crippen molar-refractivity contribution in [3.05, 3.63) is 59.7 Å². The predicted octanol–water partition coefficient (Wildman–Crippen LogP) is 4.23. The van der Waals surface area contributed by atoms with Gasteiger partial charge in [0.25, 0.3) is 11.8 Å². The molecule has 174 valence electrons. The zero-order valence-corrected chi connectivity index (χ0v) is 19.4. The SMILES string of the molecule is CSc1ccc(C(=O)CCC(=O)OCC(=O)Nc2ccccc2C(=O)NC2CCCC2)cc1. The summed E-state index contributed by atoms with van der Waals surface area (Å²) in [5, 5.41) is 5.62. The standard InChI is InChI=1S/C25H28N2O5S/c1-33-19-12-10-17(11-13-19)22(28)14-15-24(30)32-16-23(29)27-21-9-5-4-8-20(21)25(31)26-18-6-2-3-7-18/h4-5,8-13,18H,2-3,6-7,14-16H2,1H3,(H,26,31)(H,27,29). The topological polar surface area (TPSA) is 102 Å². The predicted molar refractivity (Wildman–Crippen MR) is 128 cm³/mol.